The van der Waals surface area contributed by atoms with Gasteiger partial charge in [-0.1, -0.05) is 23.7 Å². The Morgan fingerprint density at radius 2 is 1.97 bits per heavy atom. The summed E-state index contributed by atoms with van der Waals surface area (Å²) < 4.78 is 13.1. The standard InChI is InChI=1S/C25H19ClN4O3/c1-15-23(24(31)21-14-33-25(28-21)20-4-3-11-27-29-20)19-12-18(32-2)9-10-22(19)30(15)13-16-5-7-17(26)8-6-16/h3-12,14H,13H2,1-2H3. The number of oxazole rings is 1. The van der Waals surface area contributed by atoms with Crippen LogP contribution in [0, 0.1) is 6.92 Å². The molecule has 0 unspecified atom stereocenters. The van der Waals surface area contributed by atoms with E-state index in [-0.39, 0.29) is 17.4 Å². The molecule has 0 bridgehead atoms. The number of fused-ring (bicyclic) bond motifs is 1. The predicted octanol–water partition coefficient (Wildman–Crippen LogP) is 5.34. The molecule has 5 aromatic rings. The summed E-state index contributed by atoms with van der Waals surface area (Å²) in [6.07, 6.45) is 2.92. The molecule has 8 heteroatoms. The van der Waals surface area contributed by atoms with Gasteiger partial charge in [0, 0.05) is 34.4 Å². The molecule has 3 heterocycles. The molecule has 0 spiro atoms. The quantitative estimate of drug-likeness (QED) is 0.319. The molecule has 164 valence electrons. The van der Waals surface area contributed by atoms with Crippen LogP contribution >= 0.6 is 11.6 Å². The SMILES string of the molecule is COc1ccc2c(c1)c(C(=O)c1coc(-c3cccnn3)n1)c(C)n2Cc1ccc(Cl)cc1. The highest BCUT2D eigenvalue weighted by Gasteiger charge is 2.24. The predicted molar refractivity (Wildman–Crippen MR) is 125 cm³/mol. The smallest absolute Gasteiger partial charge is 0.247 e. The third-order valence-corrected chi connectivity index (χ3v) is 5.79. The fourth-order valence-electron chi connectivity index (χ4n) is 3.89. The molecule has 0 N–H and O–H groups in total. The molecule has 0 radical (unpaired) electrons. The molecule has 0 aliphatic heterocycles. The first kappa shape index (κ1) is 20.9. The molecule has 0 atom stereocenters. The maximum atomic E-state index is 13.6. The fourth-order valence-corrected chi connectivity index (χ4v) is 4.02. The van der Waals surface area contributed by atoms with Gasteiger partial charge in [-0.25, -0.2) is 4.98 Å². The van der Waals surface area contributed by atoms with Gasteiger partial charge in [-0.05, 0) is 55.0 Å². The summed E-state index contributed by atoms with van der Waals surface area (Å²) in [6, 6.07) is 16.8. The van der Waals surface area contributed by atoms with Crippen molar-refractivity contribution in [2.75, 3.05) is 7.11 Å². The number of ketones is 1. The molecule has 0 saturated carbocycles. The molecule has 0 fully saturated rings. The van der Waals surface area contributed by atoms with Gasteiger partial charge in [-0.15, -0.1) is 5.10 Å². The summed E-state index contributed by atoms with van der Waals surface area (Å²) in [5.74, 6) is 0.673. The van der Waals surface area contributed by atoms with E-state index in [0.29, 0.717) is 28.6 Å². The second-order valence-electron chi connectivity index (χ2n) is 7.53. The number of aromatic nitrogens is 4. The summed E-state index contributed by atoms with van der Waals surface area (Å²) >= 11 is 6.04. The van der Waals surface area contributed by atoms with Crippen molar-refractivity contribution in [2.24, 2.45) is 0 Å². The Morgan fingerprint density at radius 3 is 2.70 bits per heavy atom. The van der Waals surface area contributed by atoms with Crippen molar-refractivity contribution in [3.63, 3.8) is 0 Å². The number of methoxy groups -OCH3 is 1. The van der Waals surface area contributed by atoms with Gasteiger partial charge in [0.15, 0.2) is 5.69 Å². The van der Waals surface area contributed by atoms with Crippen molar-refractivity contribution in [3.05, 3.63) is 94.6 Å². The van der Waals surface area contributed by atoms with Gasteiger partial charge in [-0.2, -0.15) is 5.10 Å². The summed E-state index contributed by atoms with van der Waals surface area (Å²) in [4.78, 5) is 18.0. The second kappa shape index (κ2) is 8.52. The molecular formula is C25H19ClN4O3. The lowest BCUT2D eigenvalue weighted by Gasteiger charge is -2.09. The maximum Gasteiger partial charge on any atom is 0.247 e. The molecular weight excluding hydrogens is 440 g/mol. The van der Waals surface area contributed by atoms with Crippen LogP contribution in [0.2, 0.25) is 5.02 Å². The number of halogens is 1. The summed E-state index contributed by atoms with van der Waals surface area (Å²) in [6.45, 7) is 2.52. The highest BCUT2D eigenvalue weighted by Crippen LogP contribution is 2.32. The monoisotopic (exact) mass is 458 g/mol. The van der Waals surface area contributed by atoms with Crippen LogP contribution in [0.1, 0.15) is 27.3 Å². The van der Waals surface area contributed by atoms with Gasteiger partial charge in [0.2, 0.25) is 11.7 Å². The van der Waals surface area contributed by atoms with Crippen molar-refractivity contribution in [1.82, 2.24) is 19.7 Å². The van der Waals surface area contributed by atoms with Crippen LogP contribution in [0.15, 0.2) is 71.5 Å². The van der Waals surface area contributed by atoms with E-state index in [1.54, 1.807) is 25.4 Å². The molecule has 0 amide bonds. The second-order valence-corrected chi connectivity index (χ2v) is 7.97. The number of benzene rings is 2. The molecule has 0 saturated heterocycles. The van der Waals surface area contributed by atoms with Crippen LogP contribution in [0.3, 0.4) is 0 Å². The first-order valence-corrected chi connectivity index (χ1v) is 10.6. The third-order valence-electron chi connectivity index (χ3n) is 5.54. The average molecular weight is 459 g/mol. The Morgan fingerprint density at radius 1 is 1.15 bits per heavy atom. The van der Waals surface area contributed by atoms with Gasteiger partial charge in [0.1, 0.15) is 17.7 Å². The summed E-state index contributed by atoms with van der Waals surface area (Å²) in [5, 5.41) is 9.30. The van der Waals surface area contributed by atoms with Crippen molar-refractivity contribution in [2.45, 2.75) is 13.5 Å². The molecule has 0 aliphatic rings. The number of hydrogen-bond acceptors (Lipinski definition) is 6. The lowest BCUT2D eigenvalue weighted by atomic mass is 10.0. The first-order chi connectivity index (χ1) is 16.0. The van der Waals surface area contributed by atoms with Crippen molar-refractivity contribution in [3.8, 4) is 17.3 Å². The number of carbonyl (C=O) groups is 1. The Bertz CT molecular complexity index is 1460. The highest BCUT2D eigenvalue weighted by atomic mass is 35.5. The van der Waals surface area contributed by atoms with E-state index in [0.717, 1.165) is 22.2 Å². The highest BCUT2D eigenvalue weighted by molar-refractivity contribution is 6.30. The van der Waals surface area contributed by atoms with E-state index in [1.165, 1.54) is 6.26 Å². The number of rotatable bonds is 6. The van der Waals surface area contributed by atoms with Crippen molar-refractivity contribution >= 4 is 28.3 Å². The van der Waals surface area contributed by atoms with E-state index in [4.69, 9.17) is 20.8 Å². The third kappa shape index (κ3) is 3.87. The Hall–Kier alpha value is -3.97. The van der Waals surface area contributed by atoms with Gasteiger partial charge in [0.25, 0.3) is 0 Å². The fraction of sp³-hybridized carbons (Fsp3) is 0.120. The normalized spacial score (nSPS) is 11.1. The Balaban J connectivity index is 1.61. The van der Waals surface area contributed by atoms with E-state index in [1.807, 2.05) is 49.4 Å². The molecule has 3 aromatic heterocycles. The lowest BCUT2D eigenvalue weighted by molar-refractivity contribution is 0.103. The number of ether oxygens (including phenoxy) is 1. The van der Waals surface area contributed by atoms with Crippen molar-refractivity contribution < 1.29 is 13.9 Å². The Kier molecular flexibility index (Phi) is 5.40. The minimum absolute atomic E-state index is 0.201. The zero-order valence-corrected chi connectivity index (χ0v) is 18.7. The van der Waals surface area contributed by atoms with Gasteiger partial charge in [-0.3, -0.25) is 4.79 Å². The van der Waals surface area contributed by atoms with Gasteiger partial charge < -0.3 is 13.7 Å². The number of nitrogens with zero attached hydrogens (tertiary/aromatic N) is 4. The van der Waals surface area contributed by atoms with Crippen LogP contribution in [-0.2, 0) is 6.54 Å². The van der Waals surface area contributed by atoms with Gasteiger partial charge >= 0.3 is 0 Å². The maximum absolute atomic E-state index is 13.6. The molecule has 33 heavy (non-hydrogen) atoms. The van der Waals surface area contributed by atoms with Gasteiger partial charge in [0.05, 0.1) is 12.7 Å². The van der Waals surface area contributed by atoms with Crippen molar-refractivity contribution in [1.29, 1.82) is 0 Å². The van der Waals surface area contributed by atoms with Crippen LogP contribution in [0.4, 0.5) is 0 Å². The molecule has 5 rings (SSSR count). The van der Waals surface area contributed by atoms with Crippen LogP contribution < -0.4 is 4.74 Å². The largest absolute Gasteiger partial charge is 0.497 e. The van der Waals surface area contributed by atoms with E-state index in [9.17, 15) is 4.79 Å². The topological polar surface area (TPSA) is 83.0 Å². The molecule has 0 aliphatic carbocycles. The molecule has 7 nitrogen and oxygen atoms in total. The van der Waals surface area contributed by atoms with Crippen LogP contribution in [-0.4, -0.2) is 32.6 Å². The van der Waals surface area contributed by atoms with Crippen LogP contribution in [0.5, 0.6) is 5.75 Å². The minimum atomic E-state index is -0.237. The minimum Gasteiger partial charge on any atom is -0.497 e. The number of carbonyl (C=O) groups excluding carboxylic acids is 1. The number of hydrogen-bond donors (Lipinski definition) is 0. The summed E-state index contributed by atoms with van der Waals surface area (Å²) in [5.41, 5.74) is 4.02. The zero-order chi connectivity index (χ0) is 22.9. The Labute approximate surface area is 194 Å². The first-order valence-electron chi connectivity index (χ1n) is 10.2. The van der Waals surface area contributed by atoms with Crippen LogP contribution in [0.25, 0.3) is 22.5 Å². The summed E-state index contributed by atoms with van der Waals surface area (Å²) in [7, 11) is 1.60. The lowest BCUT2D eigenvalue weighted by Crippen LogP contribution is -2.06. The van der Waals surface area contributed by atoms with E-state index < -0.39 is 0 Å². The van der Waals surface area contributed by atoms with E-state index >= 15 is 0 Å². The van der Waals surface area contributed by atoms with E-state index in [2.05, 4.69) is 19.7 Å². The average Bonchev–Trinajstić information content (AvgIpc) is 3.44. The molecule has 2 aromatic carbocycles. The zero-order valence-electron chi connectivity index (χ0n) is 17.9.